The lowest BCUT2D eigenvalue weighted by atomic mass is 9.98. The van der Waals surface area contributed by atoms with Gasteiger partial charge in [-0.15, -0.1) is 0 Å². The van der Waals surface area contributed by atoms with E-state index >= 15 is 0 Å². The quantitative estimate of drug-likeness (QED) is 0.642. The zero-order valence-electron chi connectivity index (χ0n) is 18.7. The number of aromatic amines is 1. The van der Waals surface area contributed by atoms with Crippen LogP contribution in [0.5, 0.6) is 17.4 Å². The summed E-state index contributed by atoms with van der Waals surface area (Å²) in [6, 6.07) is 4.69. The first-order valence-electron chi connectivity index (χ1n) is 10.5. The number of hydrogen-bond acceptors (Lipinski definition) is 7. The molecule has 10 nitrogen and oxygen atoms in total. The van der Waals surface area contributed by atoms with Gasteiger partial charge in [0, 0.05) is 31.0 Å². The molecule has 0 bridgehead atoms. The van der Waals surface area contributed by atoms with E-state index in [0.717, 1.165) is 11.0 Å². The van der Waals surface area contributed by atoms with E-state index in [-0.39, 0.29) is 36.6 Å². The Morgan fingerprint density at radius 1 is 1.25 bits per heavy atom. The molecule has 0 fully saturated rings. The molecule has 0 spiro atoms. The Labute approximate surface area is 185 Å². The zero-order chi connectivity index (χ0) is 23.4. The molecule has 2 heterocycles. The monoisotopic (exact) mass is 444 g/mol. The number of methoxy groups -OCH3 is 2. The normalized spacial score (nSPS) is 15.6. The lowest BCUT2D eigenvalue weighted by Crippen LogP contribution is -2.33. The number of ether oxygens (including phenoxy) is 2. The predicted octanol–water partition coefficient (Wildman–Crippen LogP) is 2.15. The molecule has 0 saturated heterocycles. The van der Waals surface area contributed by atoms with Crippen molar-refractivity contribution in [2.45, 2.75) is 52.1 Å². The molecule has 32 heavy (non-hydrogen) atoms. The minimum Gasteiger partial charge on any atom is -0.497 e. The molecule has 10 heteroatoms. The summed E-state index contributed by atoms with van der Waals surface area (Å²) >= 11 is 0. The van der Waals surface area contributed by atoms with Crippen molar-refractivity contribution in [1.29, 1.82) is 0 Å². The number of amides is 1. The molecule has 2 N–H and O–H groups in total. The average Bonchev–Trinajstić information content (AvgIpc) is 3.22. The number of aromatic hydroxyl groups is 1. The number of carbonyl (C=O) groups excluding carboxylic acids is 1. The third-order valence-electron chi connectivity index (χ3n) is 5.46. The average molecular weight is 444 g/mol. The predicted molar refractivity (Wildman–Crippen MR) is 118 cm³/mol. The summed E-state index contributed by atoms with van der Waals surface area (Å²) in [6.07, 6.45) is 1.82. The summed E-state index contributed by atoms with van der Waals surface area (Å²) in [6.45, 7) is 3.93. The molecule has 0 aliphatic carbocycles. The molecular formula is C22H28N4O6. The zero-order valence-corrected chi connectivity index (χ0v) is 18.7. The highest BCUT2D eigenvalue weighted by atomic mass is 16.5. The maximum absolute atomic E-state index is 12.7. The molecule has 2 aromatic rings. The van der Waals surface area contributed by atoms with E-state index in [1.54, 1.807) is 32.2 Å². The van der Waals surface area contributed by atoms with Gasteiger partial charge in [-0.3, -0.25) is 19.1 Å². The van der Waals surface area contributed by atoms with Crippen molar-refractivity contribution in [3.8, 4) is 17.4 Å². The summed E-state index contributed by atoms with van der Waals surface area (Å²) in [5, 5.41) is 16.5. The number of benzene rings is 1. The molecule has 3 rings (SSSR count). The highest BCUT2D eigenvalue weighted by molar-refractivity contribution is 6.04. The Bertz CT molecular complexity index is 1150. The molecule has 0 saturated carbocycles. The number of nitrogens with one attached hydrogen (secondary N) is 1. The van der Waals surface area contributed by atoms with Gasteiger partial charge in [-0.25, -0.2) is 9.80 Å². The molecule has 1 aliphatic heterocycles. The van der Waals surface area contributed by atoms with Crippen LogP contribution in [-0.4, -0.2) is 45.5 Å². The second-order valence-electron chi connectivity index (χ2n) is 7.43. The van der Waals surface area contributed by atoms with E-state index in [4.69, 9.17) is 9.47 Å². The van der Waals surface area contributed by atoms with Gasteiger partial charge in [-0.1, -0.05) is 20.3 Å². The summed E-state index contributed by atoms with van der Waals surface area (Å²) in [5.74, 6) is 0.399. The van der Waals surface area contributed by atoms with Crippen molar-refractivity contribution in [1.82, 2.24) is 14.6 Å². The van der Waals surface area contributed by atoms with Gasteiger partial charge in [0.25, 0.3) is 5.56 Å². The summed E-state index contributed by atoms with van der Waals surface area (Å²) < 4.78 is 11.9. The molecule has 1 amide bonds. The maximum atomic E-state index is 12.7. The van der Waals surface area contributed by atoms with E-state index in [0.29, 0.717) is 23.5 Å². The van der Waals surface area contributed by atoms with Crippen LogP contribution in [-0.2, 0) is 11.3 Å². The first-order chi connectivity index (χ1) is 15.4. The fraction of sp³-hybridized carbons (Fsp3) is 0.455. The number of H-pyrrole nitrogens is 1. The topological polar surface area (TPSA) is 126 Å². The van der Waals surface area contributed by atoms with Crippen molar-refractivity contribution in [2.75, 3.05) is 14.2 Å². The number of nitrogens with zero attached hydrogens (tertiary/aromatic N) is 3. The lowest BCUT2D eigenvalue weighted by molar-refractivity contribution is -0.132. The third-order valence-corrected chi connectivity index (χ3v) is 5.46. The highest BCUT2D eigenvalue weighted by Gasteiger charge is 2.36. The van der Waals surface area contributed by atoms with Crippen LogP contribution in [0.2, 0.25) is 0 Å². The number of carbonyl (C=O) groups is 1. The first-order valence-corrected chi connectivity index (χ1v) is 10.5. The van der Waals surface area contributed by atoms with Gasteiger partial charge in [0.2, 0.25) is 11.8 Å². The number of hydrazone groups is 1. The van der Waals surface area contributed by atoms with Crippen LogP contribution in [0, 0.1) is 0 Å². The first kappa shape index (κ1) is 23.1. The smallest absolute Gasteiger partial charge is 0.331 e. The van der Waals surface area contributed by atoms with Gasteiger partial charge < -0.3 is 14.6 Å². The number of rotatable bonds is 8. The Morgan fingerprint density at radius 2 is 2.00 bits per heavy atom. The second-order valence-corrected chi connectivity index (χ2v) is 7.43. The molecule has 1 atom stereocenters. The number of hydrogen-bond donors (Lipinski definition) is 2. The van der Waals surface area contributed by atoms with Crippen molar-refractivity contribution < 1.29 is 19.4 Å². The number of unbranched alkanes of at least 4 members (excludes halogenated alkanes) is 1. The van der Waals surface area contributed by atoms with Gasteiger partial charge >= 0.3 is 5.69 Å². The molecule has 1 aromatic carbocycles. The lowest BCUT2D eigenvalue weighted by Gasteiger charge is -2.23. The summed E-state index contributed by atoms with van der Waals surface area (Å²) in [7, 11) is 3.06. The van der Waals surface area contributed by atoms with Crippen LogP contribution < -0.4 is 20.7 Å². The number of aromatic nitrogens is 2. The molecule has 172 valence electrons. The molecule has 0 unspecified atom stereocenters. The third kappa shape index (κ3) is 4.25. The Balaban J connectivity index is 2.10. The second kappa shape index (κ2) is 9.71. The fourth-order valence-corrected chi connectivity index (χ4v) is 3.73. The van der Waals surface area contributed by atoms with Crippen molar-refractivity contribution in [3.05, 3.63) is 50.2 Å². The highest BCUT2D eigenvalue weighted by Crippen LogP contribution is 2.39. The van der Waals surface area contributed by atoms with Crippen molar-refractivity contribution in [2.24, 2.45) is 5.10 Å². The summed E-state index contributed by atoms with van der Waals surface area (Å²) in [4.78, 5) is 39.7. The van der Waals surface area contributed by atoms with Gasteiger partial charge in [0.05, 0.1) is 26.0 Å². The van der Waals surface area contributed by atoms with E-state index in [2.05, 4.69) is 10.1 Å². The van der Waals surface area contributed by atoms with Crippen LogP contribution >= 0.6 is 0 Å². The molecular weight excluding hydrogens is 416 g/mol. The van der Waals surface area contributed by atoms with Gasteiger partial charge in [0.15, 0.2) is 0 Å². The fourth-order valence-electron chi connectivity index (χ4n) is 3.73. The van der Waals surface area contributed by atoms with E-state index in [1.807, 2.05) is 6.92 Å². The largest absolute Gasteiger partial charge is 0.497 e. The van der Waals surface area contributed by atoms with Gasteiger partial charge in [-0.2, -0.15) is 5.10 Å². The minimum atomic E-state index is -0.745. The Kier molecular flexibility index (Phi) is 7.01. The standard InChI is InChI=1S/C22H28N4O6/c1-5-7-10-25-21(29)19(20(28)23-22(25)30)15-12-16(26(24-15)18(27)6-2)14-9-8-13(31-3)11-17(14)32-4/h8-9,11,16,29H,5-7,10,12H2,1-4H3,(H,23,28,30)/t16-/m0/s1. The SMILES string of the molecule is CCCCn1c(O)c(C2=NN(C(=O)CC)[C@H](c3ccc(OC)cc3OC)C2)c(=O)[nH]c1=O. The minimum absolute atomic E-state index is 0.107. The van der Waals surface area contributed by atoms with E-state index in [9.17, 15) is 19.5 Å². The molecule has 1 aromatic heterocycles. The van der Waals surface area contributed by atoms with Crippen LogP contribution in [0.25, 0.3) is 0 Å². The summed E-state index contributed by atoms with van der Waals surface area (Å²) in [5.41, 5.74) is -0.629. The van der Waals surface area contributed by atoms with Crippen molar-refractivity contribution >= 4 is 11.6 Å². The van der Waals surface area contributed by atoms with Crippen LogP contribution in [0.3, 0.4) is 0 Å². The molecule has 1 aliphatic rings. The van der Waals surface area contributed by atoms with Crippen molar-refractivity contribution in [3.63, 3.8) is 0 Å². The Morgan fingerprint density at radius 3 is 2.62 bits per heavy atom. The van der Waals surface area contributed by atoms with Gasteiger partial charge in [-0.05, 0) is 18.6 Å². The molecule has 0 radical (unpaired) electrons. The maximum Gasteiger partial charge on any atom is 0.331 e. The van der Waals surface area contributed by atoms with E-state index < -0.39 is 23.2 Å². The van der Waals surface area contributed by atoms with E-state index in [1.165, 1.54) is 12.1 Å². The van der Waals surface area contributed by atoms with Crippen LogP contribution in [0.15, 0.2) is 32.9 Å². The van der Waals surface area contributed by atoms with Crippen LogP contribution in [0.4, 0.5) is 0 Å². The Hall–Kier alpha value is -3.56. The van der Waals surface area contributed by atoms with Crippen LogP contribution in [0.1, 0.15) is 56.7 Å². The van der Waals surface area contributed by atoms with Gasteiger partial charge in [0.1, 0.15) is 17.1 Å².